The third kappa shape index (κ3) is 5.50. The minimum atomic E-state index is -0.546. The number of hydrogen-bond acceptors (Lipinski definition) is 6. The first-order valence-electron chi connectivity index (χ1n) is 9.85. The Bertz CT molecular complexity index is 1060. The van der Waals surface area contributed by atoms with Crippen LogP contribution >= 0.6 is 11.8 Å². The number of benzene rings is 1. The van der Waals surface area contributed by atoms with Crippen molar-refractivity contribution in [2.45, 2.75) is 44.3 Å². The van der Waals surface area contributed by atoms with Crippen LogP contribution < -0.4 is 16.4 Å². The van der Waals surface area contributed by atoms with Gasteiger partial charge in [-0.25, -0.2) is 4.98 Å². The van der Waals surface area contributed by atoms with Crippen molar-refractivity contribution >= 4 is 34.5 Å². The molecule has 0 saturated carbocycles. The van der Waals surface area contributed by atoms with Crippen LogP contribution in [0, 0.1) is 0 Å². The summed E-state index contributed by atoms with van der Waals surface area (Å²) in [5, 5.41) is 1.05. The van der Waals surface area contributed by atoms with Gasteiger partial charge in [0.25, 0.3) is 5.56 Å². The van der Waals surface area contributed by atoms with Crippen LogP contribution in [-0.2, 0) is 11.3 Å². The van der Waals surface area contributed by atoms with Gasteiger partial charge in [-0.2, -0.15) is 0 Å². The van der Waals surface area contributed by atoms with Crippen LogP contribution in [0.2, 0.25) is 0 Å². The number of carbonyl (C=O) groups excluding carboxylic acids is 2. The number of furan rings is 1. The van der Waals surface area contributed by atoms with E-state index in [0.717, 1.165) is 37.4 Å². The van der Waals surface area contributed by atoms with E-state index in [1.807, 2.05) is 12.1 Å². The van der Waals surface area contributed by atoms with Gasteiger partial charge in [-0.05, 0) is 30.7 Å². The number of aromatic nitrogens is 2. The molecule has 1 aromatic carbocycles. The van der Waals surface area contributed by atoms with Crippen LogP contribution in [0.3, 0.4) is 0 Å². The topological polar surface area (TPSA) is 106 Å². The lowest BCUT2D eigenvalue weighted by atomic mass is 10.2. The Balaban J connectivity index is 1.68. The van der Waals surface area contributed by atoms with Gasteiger partial charge in [0.05, 0.1) is 22.9 Å². The van der Waals surface area contributed by atoms with Crippen molar-refractivity contribution in [2.75, 3.05) is 5.75 Å². The van der Waals surface area contributed by atoms with Crippen LogP contribution in [0.1, 0.15) is 43.2 Å². The lowest BCUT2D eigenvalue weighted by Gasteiger charge is -2.13. The molecule has 0 spiro atoms. The van der Waals surface area contributed by atoms with Gasteiger partial charge >= 0.3 is 5.91 Å². The molecule has 0 aliphatic rings. The molecule has 0 unspecified atom stereocenters. The van der Waals surface area contributed by atoms with Gasteiger partial charge in [-0.3, -0.25) is 29.8 Å². The first-order chi connectivity index (χ1) is 14.6. The fourth-order valence-electron chi connectivity index (χ4n) is 2.91. The highest BCUT2D eigenvalue weighted by molar-refractivity contribution is 7.99. The molecule has 2 heterocycles. The van der Waals surface area contributed by atoms with E-state index in [-0.39, 0.29) is 17.1 Å². The monoisotopic (exact) mass is 428 g/mol. The van der Waals surface area contributed by atoms with Gasteiger partial charge in [0, 0.05) is 6.54 Å². The molecule has 3 aromatic rings. The number of para-hydroxylation sites is 1. The smallest absolute Gasteiger partial charge is 0.305 e. The zero-order valence-corrected chi connectivity index (χ0v) is 17.5. The summed E-state index contributed by atoms with van der Waals surface area (Å²) < 4.78 is 6.60. The number of unbranched alkanes of at least 4 members (excludes halogenated alkanes) is 3. The quantitative estimate of drug-likeness (QED) is 0.235. The van der Waals surface area contributed by atoms with E-state index in [9.17, 15) is 14.4 Å². The molecule has 30 heavy (non-hydrogen) atoms. The Morgan fingerprint density at radius 3 is 2.70 bits per heavy atom. The van der Waals surface area contributed by atoms with Crippen molar-refractivity contribution in [2.24, 2.45) is 0 Å². The summed E-state index contributed by atoms with van der Waals surface area (Å²) in [6.07, 6.45) is 5.48. The van der Waals surface area contributed by atoms with E-state index in [0.29, 0.717) is 22.6 Å². The fraction of sp³-hybridized carbons (Fsp3) is 0.333. The van der Waals surface area contributed by atoms with Crippen molar-refractivity contribution in [3.63, 3.8) is 0 Å². The maximum absolute atomic E-state index is 12.9. The molecule has 0 atom stereocenters. The zero-order chi connectivity index (χ0) is 21.3. The van der Waals surface area contributed by atoms with Crippen LogP contribution in [-0.4, -0.2) is 27.1 Å². The van der Waals surface area contributed by atoms with Crippen LogP contribution in [0.5, 0.6) is 0 Å². The number of carbonyl (C=O) groups is 2. The zero-order valence-electron chi connectivity index (χ0n) is 16.7. The molecule has 0 bridgehead atoms. The molecule has 2 aromatic heterocycles. The molecular formula is C21H24N4O4S. The minimum absolute atomic E-state index is 0.00181. The van der Waals surface area contributed by atoms with Crippen molar-refractivity contribution in [3.05, 3.63) is 58.8 Å². The van der Waals surface area contributed by atoms with Gasteiger partial charge < -0.3 is 4.42 Å². The number of nitrogens with zero attached hydrogens (tertiary/aromatic N) is 2. The number of thioether (sulfide) groups is 1. The normalized spacial score (nSPS) is 10.8. The maximum atomic E-state index is 12.9. The highest BCUT2D eigenvalue weighted by Gasteiger charge is 2.14. The molecule has 2 amide bonds. The van der Waals surface area contributed by atoms with E-state index >= 15 is 0 Å². The number of amides is 2. The Kier molecular flexibility index (Phi) is 7.67. The number of rotatable bonds is 9. The van der Waals surface area contributed by atoms with E-state index in [1.165, 1.54) is 12.3 Å². The minimum Gasteiger partial charge on any atom is -0.459 e. The lowest BCUT2D eigenvalue weighted by molar-refractivity contribution is -0.119. The first kappa shape index (κ1) is 21.6. The third-order valence-electron chi connectivity index (χ3n) is 4.45. The first-order valence-corrected chi connectivity index (χ1v) is 10.8. The maximum Gasteiger partial charge on any atom is 0.305 e. The molecule has 0 saturated heterocycles. The molecule has 3 rings (SSSR count). The summed E-state index contributed by atoms with van der Waals surface area (Å²) >= 11 is 1.16. The molecule has 2 N–H and O–H groups in total. The van der Waals surface area contributed by atoms with Gasteiger partial charge in [0.15, 0.2) is 10.9 Å². The number of hydrogen-bond donors (Lipinski definition) is 2. The second-order valence-corrected chi connectivity index (χ2v) is 7.64. The summed E-state index contributed by atoms with van der Waals surface area (Å²) in [7, 11) is 0. The summed E-state index contributed by atoms with van der Waals surface area (Å²) in [6.45, 7) is 2.68. The third-order valence-corrected chi connectivity index (χ3v) is 5.43. The van der Waals surface area contributed by atoms with Crippen LogP contribution in [0.15, 0.2) is 57.0 Å². The molecular weight excluding hydrogens is 404 g/mol. The lowest BCUT2D eigenvalue weighted by Crippen LogP contribution is -2.42. The number of hydrazine groups is 1. The van der Waals surface area contributed by atoms with Crippen molar-refractivity contribution < 1.29 is 14.0 Å². The van der Waals surface area contributed by atoms with Gasteiger partial charge in [-0.15, -0.1) is 0 Å². The van der Waals surface area contributed by atoms with Crippen molar-refractivity contribution in [1.82, 2.24) is 20.4 Å². The summed E-state index contributed by atoms with van der Waals surface area (Å²) in [6, 6.07) is 10.3. The summed E-state index contributed by atoms with van der Waals surface area (Å²) in [4.78, 5) is 41.5. The molecule has 0 fully saturated rings. The predicted molar refractivity (Wildman–Crippen MR) is 115 cm³/mol. The van der Waals surface area contributed by atoms with Crippen LogP contribution in [0.25, 0.3) is 10.9 Å². The second-order valence-electron chi connectivity index (χ2n) is 6.70. The number of nitrogens with one attached hydrogen (secondary N) is 2. The molecule has 0 aliphatic heterocycles. The van der Waals surface area contributed by atoms with Crippen LogP contribution in [0.4, 0.5) is 0 Å². The SMILES string of the molecule is CCCCCCn1c(SCC(=O)NNC(=O)c2ccco2)nc2ccccc2c1=O. The predicted octanol–water partition coefficient (Wildman–Crippen LogP) is 3.12. The Hall–Kier alpha value is -3.07. The van der Waals surface area contributed by atoms with E-state index in [2.05, 4.69) is 22.8 Å². The van der Waals surface area contributed by atoms with Crippen molar-refractivity contribution in [3.8, 4) is 0 Å². The molecule has 9 heteroatoms. The summed E-state index contributed by atoms with van der Waals surface area (Å²) in [5.41, 5.74) is 5.12. The Morgan fingerprint density at radius 2 is 1.93 bits per heavy atom. The average Bonchev–Trinajstić information content (AvgIpc) is 3.30. The van der Waals surface area contributed by atoms with Crippen molar-refractivity contribution in [1.29, 1.82) is 0 Å². The Morgan fingerprint density at radius 1 is 1.10 bits per heavy atom. The standard InChI is InChI=1S/C21H24N4O4S/c1-2-3-4-7-12-25-20(28)15-9-5-6-10-16(15)22-21(25)30-14-18(26)23-24-19(27)17-11-8-13-29-17/h5-6,8-11,13H,2-4,7,12,14H2,1H3,(H,23,26)(H,24,27). The Labute approximate surface area is 178 Å². The average molecular weight is 429 g/mol. The molecule has 0 radical (unpaired) electrons. The van der Waals surface area contributed by atoms with Gasteiger partial charge in [0.1, 0.15) is 0 Å². The van der Waals surface area contributed by atoms with Gasteiger partial charge in [-0.1, -0.05) is 50.1 Å². The highest BCUT2D eigenvalue weighted by atomic mass is 32.2. The fourth-order valence-corrected chi connectivity index (χ4v) is 3.74. The molecule has 0 aliphatic carbocycles. The molecule has 8 nitrogen and oxygen atoms in total. The summed E-state index contributed by atoms with van der Waals surface area (Å²) in [5.74, 6) is -0.868. The van der Waals surface area contributed by atoms with Gasteiger partial charge in [0.2, 0.25) is 5.91 Å². The highest BCUT2D eigenvalue weighted by Crippen LogP contribution is 2.18. The second kappa shape index (κ2) is 10.6. The van der Waals surface area contributed by atoms with E-state index < -0.39 is 11.8 Å². The molecule has 158 valence electrons. The van der Waals surface area contributed by atoms with E-state index in [1.54, 1.807) is 22.8 Å². The number of fused-ring (bicyclic) bond motifs is 1. The largest absolute Gasteiger partial charge is 0.459 e. The van der Waals surface area contributed by atoms with E-state index in [4.69, 9.17) is 4.42 Å².